The van der Waals surface area contributed by atoms with E-state index in [0.29, 0.717) is 5.15 Å². The fourth-order valence-corrected chi connectivity index (χ4v) is 5.13. The van der Waals surface area contributed by atoms with Crippen molar-refractivity contribution >= 4 is 17.3 Å². The van der Waals surface area contributed by atoms with E-state index in [4.69, 9.17) is 16.6 Å². The lowest BCUT2D eigenvalue weighted by atomic mass is 10.0. The highest BCUT2D eigenvalue weighted by molar-refractivity contribution is 6.30. The molecule has 0 fully saturated rings. The fraction of sp³-hybridized carbons (Fsp3) is 0.483. The Kier molecular flexibility index (Phi) is 8.69. The number of nitrogens with one attached hydrogen (secondary N) is 1. The Morgan fingerprint density at radius 3 is 2.68 bits per heavy atom. The zero-order valence-electron chi connectivity index (χ0n) is 21.0. The highest BCUT2D eigenvalue weighted by Crippen LogP contribution is 2.30. The summed E-state index contributed by atoms with van der Waals surface area (Å²) in [6, 6.07) is 15.4. The quantitative estimate of drug-likeness (QED) is 0.310. The number of hydrogen-bond acceptors (Lipinski definition) is 3. The third kappa shape index (κ3) is 5.84. The standard InChI is InChI=1S/C29H39ClN4/c1-4-6-17-33(20-23-14-15-26-24(19-23)12-10-16-31-26)21-27-28(30)32-29(34(27)18-7-5-2)25-13-9-8-11-22(25)3/h8-9,11,13-15,19,31H,4-7,10,12,16-18,20-21H2,1-3H3. The van der Waals surface area contributed by atoms with Gasteiger partial charge in [0.1, 0.15) is 5.82 Å². The number of rotatable bonds is 11. The van der Waals surface area contributed by atoms with Gasteiger partial charge in [0.15, 0.2) is 5.15 Å². The Hall–Kier alpha value is -2.30. The average molecular weight is 479 g/mol. The molecule has 0 bridgehead atoms. The molecule has 182 valence electrons. The highest BCUT2D eigenvalue weighted by atomic mass is 35.5. The molecule has 4 rings (SSSR count). The lowest BCUT2D eigenvalue weighted by molar-refractivity contribution is 0.246. The summed E-state index contributed by atoms with van der Waals surface area (Å²) in [5.41, 5.74) is 7.69. The van der Waals surface area contributed by atoms with Crippen LogP contribution in [0.4, 0.5) is 5.69 Å². The van der Waals surface area contributed by atoms with Gasteiger partial charge in [-0.05, 0) is 61.9 Å². The number of fused-ring (bicyclic) bond motifs is 1. The van der Waals surface area contributed by atoms with Crippen LogP contribution in [0.3, 0.4) is 0 Å². The monoisotopic (exact) mass is 478 g/mol. The summed E-state index contributed by atoms with van der Waals surface area (Å²) in [5.74, 6) is 1.00. The van der Waals surface area contributed by atoms with Crippen molar-refractivity contribution in [2.24, 2.45) is 0 Å². The van der Waals surface area contributed by atoms with Gasteiger partial charge in [-0.3, -0.25) is 4.90 Å². The number of halogens is 1. The van der Waals surface area contributed by atoms with Gasteiger partial charge in [-0.2, -0.15) is 0 Å². The zero-order valence-corrected chi connectivity index (χ0v) is 21.8. The van der Waals surface area contributed by atoms with Gasteiger partial charge in [0.05, 0.1) is 5.69 Å². The molecule has 0 unspecified atom stereocenters. The van der Waals surface area contributed by atoms with Gasteiger partial charge >= 0.3 is 0 Å². The van der Waals surface area contributed by atoms with Crippen molar-refractivity contribution in [3.8, 4) is 11.4 Å². The Morgan fingerprint density at radius 2 is 1.88 bits per heavy atom. The van der Waals surface area contributed by atoms with E-state index in [1.165, 1.54) is 53.6 Å². The first-order valence-corrected chi connectivity index (χ1v) is 13.4. The minimum atomic E-state index is 0.644. The molecule has 0 saturated carbocycles. The molecule has 1 aliphatic heterocycles. The van der Waals surface area contributed by atoms with Crippen LogP contribution in [0.15, 0.2) is 42.5 Å². The summed E-state index contributed by atoms with van der Waals surface area (Å²) in [5, 5.41) is 4.18. The number of anilines is 1. The second kappa shape index (κ2) is 11.9. The van der Waals surface area contributed by atoms with E-state index in [1.54, 1.807) is 0 Å². The van der Waals surface area contributed by atoms with Gasteiger partial charge in [-0.15, -0.1) is 0 Å². The van der Waals surface area contributed by atoms with E-state index in [-0.39, 0.29) is 0 Å². The molecule has 0 radical (unpaired) electrons. The third-order valence-electron chi connectivity index (χ3n) is 6.86. The van der Waals surface area contributed by atoms with Crippen molar-refractivity contribution in [1.29, 1.82) is 0 Å². The molecule has 1 N–H and O–H groups in total. The van der Waals surface area contributed by atoms with Crippen LogP contribution in [0.25, 0.3) is 11.4 Å². The minimum absolute atomic E-state index is 0.644. The van der Waals surface area contributed by atoms with Crippen LogP contribution in [0.1, 0.15) is 68.3 Å². The van der Waals surface area contributed by atoms with E-state index in [9.17, 15) is 0 Å². The molecular formula is C29H39ClN4. The predicted octanol–water partition coefficient (Wildman–Crippen LogP) is 7.47. The lowest BCUT2D eigenvalue weighted by Gasteiger charge is -2.25. The molecule has 0 spiro atoms. The summed E-state index contributed by atoms with van der Waals surface area (Å²) >= 11 is 6.84. The Balaban J connectivity index is 1.63. The third-order valence-corrected chi connectivity index (χ3v) is 7.16. The van der Waals surface area contributed by atoms with E-state index >= 15 is 0 Å². The number of hydrogen-bond donors (Lipinski definition) is 1. The zero-order chi connectivity index (χ0) is 23.9. The maximum atomic E-state index is 6.84. The summed E-state index contributed by atoms with van der Waals surface area (Å²) in [7, 11) is 0. The summed E-state index contributed by atoms with van der Waals surface area (Å²) in [6.45, 7) is 11.5. The van der Waals surface area contributed by atoms with E-state index < -0.39 is 0 Å². The SMILES string of the molecule is CCCCN(Cc1ccc2c(c1)CCCN2)Cc1c(Cl)nc(-c2ccccc2C)n1CCCC. The molecule has 3 aromatic rings. The van der Waals surface area contributed by atoms with Crippen molar-refractivity contribution in [1.82, 2.24) is 14.5 Å². The van der Waals surface area contributed by atoms with E-state index in [2.05, 4.69) is 78.0 Å². The maximum absolute atomic E-state index is 6.84. The predicted molar refractivity (Wildman–Crippen MR) is 145 cm³/mol. The number of unbranched alkanes of at least 4 members (excludes halogenated alkanes) is 2. The molecular weight excluding hydrogens is 440 g/mol. The summed E-state index contributed by atoms with van der Waals surface area (Å²) < 4.78 is 2.38. The van der Waals surface area contributed by atoms with Gasteiger partial charge in [-0.1, -0.05) is 74.7 Å². The van der Waals surface area contributed by atoms with Crippen molar-refractivity contribution in [3.63, 3.8) is 0 Å². The van der Waals surface area contributed by atoms with Crippen molar-refractivity contribution in [3.05, 3.63) is 70.0 Å². The first kappa shape index (κ1) is 24.8. The second-order valence-electron chi connectivity index (χ2n) is 9.58. The van der Waals surface area contributed by atoms with Crippen LogP contribution in [0.5, 0.6) is 0 Å². The number of imidazole rings is 1. The molecule has 4 nitrogen and oxygen atoms in total. The summed E-state index contributed by atoms with van der Waals surface area (Å²) in [6.07, 6.45) is 7.00. The van der Waals surface area contributed by atoms with E-state index in [0.717, 1.165) is 57.1 Å². The largest absolute Gasteiger partial charge is 0.385 e. The van der Waals surface area contributed by atoms with Crippen LogP contribution < -0.4 is 5.32 Å². The Labute approximate surface area is 210 Å². The first-order valence-electron chi connectivity index (χ1n) is 13.0. The minimum Gasteiger partial charge on any atom is -0.385 e. The van der Waals surface area contributed by atoms with Gasteiger partial charge in [0.25, 0.3) is 0 Å². The van der Waals surface area contributed by atoms with Crippen molar-refractivity contribution in [2.45, 2.75) is 78.9 Å². The van der Waals surface area contributed by atoms with Crippen molar-refractivity contribution in [2.75, 3.05) is 18.4 Å². The molecule has 0 aliphatic carbocycles. The normalized spacial score (nSPS) is 13.2. The highest BCUT2D eigenvalue weighted by Gasteiger charge is 2.21. The molecule has 0 amide bonds. The average Bonchev–Trinajstić information content (AvgIpc) is 3.15. The van der Waals surface area contributed by atoms with Gasteiger partial charge < -0.3 is 9.88 Å². The smallest absolute Gasteiger partial charge is 0.152 e. The molecule has 34 heavy (non-hydrogen) atoms. The second-order valence-corrected chi connectivity index (χ2v) is 9.94. The molecule has 2 aromatic carbocycles. The Morgan fingerprint density at radius 1 is 1.06 bits per heavy atom. The Bertz CT molecular complexity index is 1090. The van der Waals surface area contributed by atoms with Crippen LogP contribution >= 0.6 is 11.6 Å². The lowest BCUT2D eigenvalue weighted by Crippen LogP contribution is -2.26. The van der Waals surface area contributed by atoms with Crippen LogP contribution in [-0.4, -0.2) is 27.5 Å². The first-order chi connectivity index (χ1) is 16.6. The molecule has 1 aromatic heterocycles. The van der Waals surface area contributed by atoms with Crippen molar-refractivity contribution < 1.29 is 0 Å². The molecule has 1 aliphatic rings. The topological polar surface area (TPSA) is 33.1 Å². The number of benzene rings is 2. The van der Waals surface area contributed by atoms with Gasteiger partial charge in [0, 0.05) is 37.4 Å². The molecule has 0 saturated heterocycles. The van der Waals surface area contributed by atoms with Crippen LogP contribution in [0.2, 0.25) is 5.15 Å². The van der Waals surface area contributed by atoms with E-state index in [1.807, 2.05) is 0 Å². The number of aryl methyl sites for hydroxylation is 2. The molecule has 0 atom stereocenters. The maximum Gasteiger partial charge on any atom is 0.152 e. The molecule has 2 heterocycles. The van der Waals surface area contributed by atoms with Gasteiger partial charge in [-0.25, -0.2) is 4.98 Å². The van der Waals surface area contributed by atoms with Gasteiger partial charge in [0.2, 0.25) is 0 Å². The summed E-state index contributed by atoms with van der Waals surface area (Å²) in [4.78, 5) is 7.44. The van der Waals surface area contributed by atoms with Crippen LogP contribution in [0, 0.1) is 6.92 Å². The molecule has 5 heteroatoms. The van der Waals surface area contributed by atoms with Crippen LogP contribution in [-0.2, 0) is 26.1 Å². The fourth-order valence-electron chi connectivity index (χ4n) is 4.89. The number of nitrogens with zero attached hydrogens (tertiary/aromatic N) is 3. The number of aromatic nitrogens is 2.